The molecule has 0 amide bonds. The van der Waals surface area contributed by atoms with Gasteiger partial charge in [-0.15, -0.1) is 0 Å². The van der Waals surface area contributed by atoms with Crippen molar-refractivity contribution in [3.63, 3.8) is 0 Å². The molecule has 2 aromatic carbocycles. The Bertz CT molecular complexity index is 966. The molecule has 0 radical (unpaired) electrons. The molecule has 0 bridgehead atoms. The van der Waals surface area contributed by atoms with Crippen LogP contribution in [0, 0.1) is 17.8 Å². The van der Waals surface area contributed by atoms with Crippen LogP contribution in [0.15, 0.2) is 48.5 Å². The van der Waals surface area contributed by atoms with Crippen molar-refractivity contribution in [3.8, 4) is 5.75 Å². The zero-order valence-corrected chi connectivity index (χ0v) is 22.4. The molecule has 2 aliphatic carbocycles. The standard InChI is InChI=1S/C32H41F5O/c1-2-3-4-23-5-7-24(8-6-23)9-10-25-11-13-26(14-12-25)27-15-17-29(18-16-27)32(36,37)38-30-21-19-28(20-22-30)31(33,34)35/h15-26H,2-14H2,1H3/t23-,24-,25?,26?. The smallest absolute Gasteiger partial charge is 0.426 e. The van der Waals surface area contributed by atoms with E-state index in [0.717, 1.165) is 60.4 Å². The van der Waals surface area contributed by atoms with Crippen LogP contribution < -0.4 is 4.74 Å². The first-order valence-electron chi connectivity index (χ1n) is 14.5. The Morgan fingerprint density at radius 3 is 1.61 bits per heavy atom. The zero-order valence-electron chi connectivity index (χ0n) is 22.4. The Hall–Kier alpha value is -2.11. The number of hydrogen-bond acceptors (Lipinski definition) is 1. The molecule has 0 atom stereocenters. The van der Waals surface area contributed by atoms with Crippen molar-refractivity contribution >= 4 is 0 Å². The van der Waals surface area contributed by atoms with Crippen molar-refractivity contribution in [1.82, 2.24) is 0 Å². The van der Waals surface area contributed by atoms with E-state index in [1.165, 1.54) is 82.8 Å². The minimum Gasteiger partial charge on any atom is -0.429 e. The van der Waals surface area contributed by atoms with Crippen molar-refractivity contribution in [2.24, 2.45) is 17.8 Å². The second kappa shape index (κ2) is 12.8. The number of benzene rings is 2. The molecule has 1 nitrogen and oxygen atoms in total. The summed E-state index contributed by atoms with van der Waals surface area (Å²) in [6.45, 7) is 2.28. The molecule has 0 aliphatic heterocycles. The molecule has 210 valence electrons. The topological polar surface area (TPSA) is 9.23 Å². The third kappa shape index (κ3) is 7.95. The maximum Gasteiger partial charge on any atom is 0.426 e. The van der Waals surface area contributed by atoms with Gasteiger partial charge < -0.3 is 4.74 Å². The number of rotatable bonds is 10. The fourth-order valence-electron chi connectivity index (χ4n) is 6.43. The van der Waals surface area contributed by atoms with Crippen molar-refractivity contribution in [2.45, 2.75) is 109 Å². The summed E-state index contributed by atoms with van der Waals surface area (Å²) in [5, 5.41) is 0. The minimum absolute atomic E-state index is 0.306. The van der Waals surface area contributed by atoms with E-state index >= 15 is 0 Å². The minimum atomic E-state index is -4.52. The molecule has 6 heteroatoms. The maximum absolute atomic E-state index is 14.7. The number of ether oxygens (including phenoxy) is 1. The number of halogens is 5. The summed E-state index contributed by atoms with van der Waals surface area (Å²) in [6.07, 6.45) is 8.85. The maximum atomic E-state index is 14.7. The molecule has 2 aromatic rings. The number of unbranched alkanes of at least 4 members (excludes halogenated alkanes) is 1. The van der Waals surface area contributed by atoms with E-state index in [9.17, 15) is 22.0 Å². The lowest BCUT2D eigenvalue weighted by Gasteiger charge is -2.32. The van der Waals surface area contributed by atoms with Crippen LogP contribution in [0.3, 0.4) is 0 Å². The first-order valence-corrected chi connectivity index (χ1v) is 14.5. The van der Waals surface area contributed by atoms with Crippen LogP contribution in [-0.2, 0) is 12.3 Å². The lowest BCUT2D eigenvalue weighted by molar-refractivity contribution is -0.185. The quantitative estimate of drug-likeness (QED) is 0.274. The monoisotopic (exact) mass is 536 g/mol. The molecule has 0 aromatic heterocycles. The van der Waals surface area contributed by atoms with Crippen LogP contribution in [0.5, 0.6) is 5.75 Å². The van der Waals surface area contributed by atoms with Gasteiger partial charge in [-0.2, -0.15) is 22.0 Å². The molecule has 2 fully saturated rings. The second-order valence-corrected chi connectivity index (χ2v) is 11.6. The fraction of sp³-hybridized carbons (Fsp3) is 0.625. The van der Waals surface area contributed by atoms with Gasteiger partial charge in [0, 0.05) is 0 Å². The van der Waals surface area contributed by atoms with Crippen molar-refractivity contribution in [2.75, 3.05) is 0 Å². The summed E-state index contributed by atoms with van der Waals surface area (Å²) in [5.74, 6) is 2.73. The first kappa shape index (κ1) is 28.9. The summed E-state index contributed by atoms with van der Waals surface area (Å²) in [6, 6.07) is 9.57. The Balaban J connectivity index is 1.21. The fourth-order valence-corrected chi connectivity index (χ4v) is 6.43. The third-order valence-corrected chi connectivity index (χ3v) is 8.91. The van der Waals surface area contributed by atoms with Crippen molar-refractivity contribution in [1.29, 1.82) is 0 Å². The average molecular weight is 537 g/mol. The molecule has 38 heavy (non-hydrogen) atoms. The predicted octanol–water partition coefficient (Wildman–Crippen LogP) is 10.9. The Morgan fingerprint density at radius 2 is 1.11 bits per heavy atom. The summed E-state index contributed by atoms with van der Waals surface area (Å²) in [7, 11) is 0. The van der Waals surface area contributed by atoms with Crippen molar-refractivity contribution < 1.29 is 26.7 Å². The van der Waals surface area contributed by atoms with E-state index in [1.807, 2.05) is 0 Å². The van der Waals surface area contributed by atoms with Gasteiger partial charge in [0.15, 0.2) is 0 Å². The first-order chi connectivity index (χ1) is 18.1. The van der Waals surface area contributed by atoms with Gasteiger partial charge in [0.25, 0.3) is 0 Å². The van der Waals surface area contributed by atoms with Crippen molar-refractivity contribution in [3.05, 3.63) is 65.2 Å². The van der Waals surface area contributed by atoms with E-state index < -0.39 is 17.8 Å². The van der Waals surface area contributed by atoms with Crippen LogP contribution in [0.25, 0.3) is 0 Å². The Kier molecular flexibility index (Phi) is 9.75. The third-order valence-electron chi connectivity index (χ3n) is 8.91. The summed E-state index contributed by atoms with van der Waals surface area (Å²) < 4.78 is 72.2. The predicted molar refractivity (Wildman–Crippen MR) is 141 cm³/mol. The molecule has 4 rings (SSSR count). The second-order valence-electron chi connectivity index (χ2n) is 11.6. The van der Waals surface area contributed by atoms with Gasteiger partial charge in [0.05, 0.1) is 11.1 Å². The van der Waals surface area contributed by atoms with Crippen LogP contribution in [0.4, 0.5) is 22.0 Å². The lowest BCUT2D eigenvalue weighted by Crippen LogP contribution is -2.22. The van der Waals surface area contributed by atoms with Crippen LogP contribution in [0.1, 0.15) is 113 Å². The highest BCUT2D eigenvalue weighted by atomic mass is 19.4. The van der Waals surface area contributed by atoms with Gasteiger partial charge in [-0.05, 0) is 91.3 Å². The molecule has 2 aliphatic rings. The van der Waals surface area contributed by atoms with E-state index in [0.29, 0.717) is 5.92 Å². The largest absolute Gasteiger partial charge is 0.429 e. The molecule has 2 saturated carbocycles. The van der Waals surface area contributed by atoms with Crippen LogP contribution in [-0.4, -0.2) is 0 Å². The zero-order chi connectivity index (χ0) is 27.2. The van der Waals surface area contributed by atoms with Gasteiger partial charge in [-0.25, -0.2) is 0 Å². The number of hydrogen-bond donors (Lipinski definition) is 0. The van der Waals surface area contributed by atoms with Gasteiger partial charge >= 0.3 is 12.3 Å². The Labute approximate surface area is 224 Å². The van der Waals surface area contributed by atoms with Gasteiger partial charge in [-0.1, -0.05) is 76.8 Å². The van der Waals surface area contributed by atoms with Gasteiger partial charge in [-0.3, -0.25) is 0 Å². The molecule has 0 heterocycles. The van der Waals surface area contributed by atoms with Gasteiger partial charge in [0.1, 0.15) is 5.75 Å². The van der Waals surface area contributed by atoms with E-state index in [2.05, 4.69) is 6.92 Å². The molecule has 0 unspecified atom stereocenters. The highest BCUT2D eigenvalue weighted by Crippen LogP contribution is 2.41. The highest BCUT2D eigenvalue weighted by molar-refractivity contribution is 5.31. The molecular weight excluding hydrogens is 495 g/mol. The number of alkyl halides is 5. The highest BCUT2D eigenvalue weighted by Gasteiger charge is 2.36. The average Bonchev–Trinajstić information content (AvgIpc) is 2.91. The lowest BCUT2D eigenvalue weighted by atomic mass is 9.74. The molecule has 0 N–H and O–H groups in total. The summed E-state index contributed by atoms with van der Waals surface area (Å²) in [5.41, 5.74) is -0.139. The van der Waals surface area contributed by atoms with Gasteiger partial charge in [0.2, 0.25) is 0 Å². The SMILES string of the molecule is CCCC[C@H]1CC[C@H](CCC2CCC(c3ccc(C(F)(F)Oc4ccc(C(F)(F)F)cc4)cc3)CC2)CC1. The summed E-state index contributed by atoms with van der Waals surface area (Å²) in [4.78, 5) is 0. The van der Waals surface area contributed by atoms with E-state index in [-0.39, 0.29) is 11.3 Å². The normalized spacial score (nSPS) is 24.8. The van der Waals surface area contributed by atoms with E-state index in [1.54, 1.807) is 12.1 Å². The van der Waals surface area contributed by atoms with E-state index in [4.69, 9.17) is 4.74 Å². The summed E-state index contributed by atoms with van der Waals surface area (Å²) >= 11 is 0. The molecular formula is C32H41F5O. The molecule has 0 spiro atoms. The Morgan fingerprint density at radius 1 is 0.632 bits per heavy atom. The molecule has 0 saturated heterocycles. The van der Waals surface area contributed by atoms with Crippen LogP contribution in [0.2, 0.25) is 0 Å². The van der Waals surface area contributed by atoms with Crippen LogP contribution >= 0.6 is 0 Å².